The average molecular weight is 299 g/mol. The molecule has 6 heteroatoms. The molecule has 0 saturated carbocycles. The zero-order valence-corrected chi connectivity index (χ0v) is 12.6. The van der Waals surface area contributed by atoms with Gasteiger partial charge in [0, 0.05) is 30.6 Å². The van der Waals surface area contributed by atoms with Gasteiger partial charge in [0.1, 0.15) is 0 Å². The summed E-state index contributed by atoms with van der Waals surface area (Å²) in [7, 11) is 1.66. The molecule has 0 aliphatic carbocycles. The van der Waals surface area contributed by atoms with Gasteiger partial charge in [-0.15, -0.1) is 0 Å². The minimum Gasteiger partial charge on any atom is -0.387 e. The number of aryl methyl sites for hydroxylation is 2. The Kier molecular flexibility index (Phi) is 4.41. The number of hydrogen-bond donors (Lipinski definition) is 2. The molecule has 0 atom stereocenters. The van der Waals surface area contributed by atoms with Gasteiger partial charge in [-0.05, 0) is 43.2 Å². The molecule has 2 N–H and O–H groups in total. The lowest BCUT2D eigenvalue weighted by Gasteiger charge is -2.11. The molecule has 0 unspecified atom stereocenters. The maximum atomic E-state index is 12.4. The summed E-state index contributed by atoms with van der Waals surface area (Å²) in [5.41, 5.74) is 3.37. The molecule has 114 valence electrons. The molecule has 0 spiro atoms. The van der Waals surface area contributed by atoms with Crippen LogP contribution in [-0.4, -0.2) is 17.9 Å². The first-order valence-corrected chi connectivity index (χ1v) is 6.76. The highest BCUT2D eigenvalue weighted by Gasteiger charge is 2.16. The van der Waals surface area contributed by atoms with E-state index in [4.69, 9.17) is 0 Å². The van der Waals surface area contributed by atoms with Crippen molar-refractivity contribution < 1.29 is 9.72 Å². The van der Waals surface area contributed by atoms with Crippen LogP contribution in [0.15, 0.2) is 36.4 Å². The van der Waals surface area contributed by atoms with Gasteiger partial charge in [-0.1, -0.05) is 6.07 Å². The van der Waals surface area contributed by atoms with E-state index in [1.54, 1.807) is 7.05 Å². The molecule has 22 heavy (non-hydrogen) atoms. The van der Waals surface area contributed by atoms with Gasteiger partial charge in [-0.25, -0.2) is 0 Å². The van der Waals surface area contributed by atoms with Crippen molar-refractivity contribution in [3.63, 3.8) is 0 Å². The Hall–Kier alpha value is -2.89. The average Bonchev–Trinajstić information content (AvgIpc) is 2.45. The van der Waals surface area contributed by atoms with Gasteiger partial charge >= 0.3 is 0 Å². The van der Waals surface area contributed by atoms with E-state index in [-0.39, 0.29) is 11.3 Å². The number of hydrogen-bond acceptors (Lipinski definition) is 4. The van der Waals surface area contributed by atoms with E-state index in [9.17, 15) is 14.9 Å². The van der Waals surface area contributed by atoms with Crippen LogP contribution in [0.4, 0.5) is 17.1 Å². The van der Waals surface area contributed by atoms with Crippen LogP contribution in [-0.2, 0) is 0 Å². The highest BCUT2D eigenvalue weighted by Crippen LogP contribution is 2.23. The molecule has 0 aliphatic heterocycles. The van der Waals surface area contributed by atoms with Gasteiger partial charge in [-0.3, -0.25) is 14.9 Å². The SMILES string of the molecule is CNc1ccc([N+](=O)[O-])cc1C(=O)Nc1cc(C)cc(C)c1. The van der Waals surface area contributed by atoms with E-state index in [0.717, 1.165) is 11.1 Å². The molecule has 0 aliphatic rings. The predicted molar refractivity (Wildman–Crippen MR) is 86.5 cm³/mol. The lowest BCUT2D eigenvalue weighted by Crippen LogP contribution is -2.14. The van der Waals surface area contributed by atoms with E-state index in [1.807, 2.05) is 32.0 Å². The minimum atomic E-state index is -0.521. The van der Waals surface area contributed by atoms with Gasteiger partial charge in [0.25, 0.3) is 11.6 Å². The number of carbonyl (C=O) groups excluding carboxylic acids is 1. The summed E-state index contributed by atoms with van der Waals surface area (Å²) in [6.07, 6.45) is 0. The van der Waals surface area contributed by atoms with Crippen molar-refractivity contribution in [2.75, 3.05) is 17.7 Å². The summed E-state index contributed by atoms with van der Waals surface area (Å²) in [5.74, 6) is -0.391. The summed E-state index contributed by atoms with van der Waals surface area (Å²) in [6, 6.07) is 9.85. The molecule has 0 bridgehead atoms. The zero-order chi connectivity index (χ0) is 16.3. The first-order chi connectivity index (χ1) is 10.4. The molecule has 0 fully saturated rings. The summed E-state index contributed by atoms with van der Waals surface area (Å²) in [5, 5.41) is 16.5. The molecule has 1 amide bonds. The molecule has 2 aromatic carbocycles. The number of rotatable bonds is 4. The van der Waals surface area contributed by atoms with Gasteiger partial charge < -0.3 is 10.6 Å². The van der Waals surface area contributed by atoms with Crippen LogP contribution in [0.1, 0.15) is 21.5 Å². The first kappa shape index (κ1) is 15.5. The Morgan fingerprint density at radius 3 is 2.27 bits per heavy atom. The summed E-state index contributed by atoms with van der Waals surface area (Å²) in [6.45, 7) is 3.88. The van der Waals surface area contributed by atoms with Crippen LogP contribution >= 0.6 is 0 Å². The third-order valence-corrected chi connectivity index (χ3v) is 3.21. The lowest BCUT2D eigenvalue weighted by atomic mass is 10.1. The normalized spacial score (nSPS) is 10.1. The van der Waals surface area contributed by atoms with Crippen molar-refractivity contribution in [1.82, 2.24) is 0 Å². The number of amides is 1. The van der Waals surface area contributed by atoms with Crippen molar-refractivity contribution in [3.05, 3.63) is 63.2 Å². The van der Waals surface area contributed by atoms with Crippen molar-refractivity contribution >= 4 is 23.0 Å². The number of nitrogens with one attached hydrogen (secondary N) is 2. The number of benzene rings is 2. The van der Waals surface area contributed by atoms with Crippen LogP contribution in [0.5, 0.6) is 0 Å². The minimum absolute atomic E-state index is 0.121. The zero-order valence-electron chi connectivity index (χ0n) is 12.6. The second-order valence-electron chi connectivity index (χ2n) is 5.07. The van der Waals surface area contributed by atoms with Gasteiger partial charge in [-0.2, -0.15) is 0 Å². The van der Waals surface area contributed by atoms with Crippen molar-refractivity contribution in [1.29, 1.82) is 0 Å². The quantitative estimate of drug-likeness (QED) is 0.668. The molecule has 2 rings (SSSR count). The van der Waals surface area contributed by atoms with Gasteiger partial charge in [0.05, 0.1) is 10.5 Å². The Balaban J connectivity index is 2.35. The second kappa shape index (κ2) is 6.26. The smallest absolute Gasteiger partial charge is 0.270 e. The fourth-order valence-electron chi connectivity index (χ4n) is 2.30. The van der Waals surface area contributed by atoms with E-state index in [0.29, 0.717) is 11.4 Å². The predicted octanol–water partition coefficient (Wildman–Crippen LogP) is 3.51. The van der Waals surface area contributed by atoms with E-state index >= 15 is 0 Å². The maximum absolute atomic E-state index is 12.4. The van der Waals surface area contributed by atoms with Crippen molar-refractivity contribution in [2.45, 2.75) is 13.8 Å². The van der Waals surface area contributed by atoms with Crippen molar-refractivity contribution in [2.24, 2.45) is 0 Å². The van der Waals surface area contributed by atoms with E-state index in [1.165, 1.54) is 18.2 Å². The molecule has 0 radical (unpaired) electrons. The van der Waals surface area contributed by atoms with Gasteiger partial charge in [0.15, 0.2) is 0 Å². The fourth-order valence-corrected chi connectivity index (χ4v) is 2.30. The largest absolute Gasteiger partial charge is 0.387 e. The van der Waals surface area contributed by atoms with E-state index in [2.05, 4.69) is 10.6 Å². The lowest BCUT2D eigenvalue weighted by molar-refractivity contribution is -0.384. The number of nitrogens with zero attached hydrogens (tertiary/aromatic N) is 1. The van der Waals surface area contributed by atoms with Crippen LogP contribution in [0.25, 0.3) is 0 Å². The first-order valence-electron chi connectivity index (χ1n) is 6.76. The van der Waals surface area contributed by atoms with Crippen LogP contribution < -0.4 is 10.6 Å². The van der Waals surface area contributed by atoms with Crippen LogP contribution in [0, 0.1) is 24.0 Å². The standard InChI is InChI=1S/C16H17N3O3/c1-10-6-11(2)8-12(7-10)18-16(20)14-9-13(19(21)22)4-5-15(14)17-3/h4-9,17H,1-3H3,(H,18,20). The number of nitro benzene ring substituents is 1. The fraction of sp³-hybridized carbons (Fsp3) is 0.188. The molecule has 0 saturated heterocycles. The molecule has 0 heterocycles. The molecule has 0 aromatic heterocycles. The Bertz CT molecular complexity index is 721. The molecular weight excluding hydrogens is 282 g/mol. The van der Waals surface area contributed by atoms with Crippen LogP contribution in [0.2, 0.25) is 0 Å². The second-order valence-corrected chi connectivity index (χ2v) is 5.07. The van der Waals surface area contributed by atoms with Crippen LogP contribution in [0.3, 0.4) is 0 Å². The number of non-ortho nitro benzene ring substituents is 1. The summed E-state index contributed by atoms with van der Waals surface area (Å²) in [4.78, 5) is 22.8. The topological polar surface area (TPSA) is 84.3 Å². The monoisotopic (exact) mass is 299 g/mol. The van der Waals surface area contributed by atoms with Crippen molar-refractivity contribution in [3.8, 4) is 0 Å². The highest BCUT2D eigenvalue weighted by atomic mass is 16.6. The number of carbonyl (C=O) groups is 1. The van der Waals surface area contributed by atoms with Gasteiger partial charge in [0.2, 0.25) is 0 Å². The Labute approximate surface area is 128 Å². The molecule has 6 nitrogen and oxygen atoms in total. The Morgan fingerprint density at radius 2 is 1.73 bits per heavy atom. The third kappa shape index (κ3) is 3.41. The highest BCUT2D eigenvalue weighted by molar-refractivity contribution is 6.08. The number of anilines is 2. The molecule has 2 aromatic rings. The maximum Gasteiger partial charge on any atom is 0.270 e. The number of nitro groups is 1. The third-order valence-electron chi connectivity index (χ3n) is 3.21. The molecular formula is C16H17N3O3. The summed E-state index contributed by atoms with van der Waals surface area (Å²) < 4.78 is 0. The summed E-state index contributed by atoms with van der Waals surface area (Å²) >= 11 is 0. The Morgan fingerprint density at radius 1 is 1.09 bits per heavy atom. The van der Waals surface area contributed by atoms with E-state index < -0.39 is 10.8 Å².